The number of hydrogen-bond donors (Lipinski definition) is 2. The lowest BCUT2D eigenvalue weighted by molar-refractivity contribution is -0.0498. The van der Waals surface area contributed by atoms with Crippen molar-refractivity contribution in [1.82, 2.24) is 10.3 Å². The molecule has 0 aliphatic carbocycles. The molecule has 26 heavy (non-hydrogen) atoms. The van der Waals surface area contributed by atoms with Crippen molar-refractivity contribution in [2.24, 2.45) is 0 Å². The second-order valence-corrected chi connectivity index (χ2v) is 6.73. The summed E-state index contributed by atoms with van der Waals surface area (Å²) in [5.41, 5.74) is 1.95. The standard InChI is InChI=1S/C20H24N2O3.BrH/c1-13-8-9-21-18(19(13)23)20(24)22-16-10-14(2)25-17(12-16)11-15-6-4-3-5-7-15;/h3-9,14,16-17,23H,10-12H2,1-2H3,(H,22,24);1H/t14-,16?,17+;/m0./s1. The SMILES string of the molecule is Br.Cc1ccnc(C(=O)NC2C[C@@H](Cc3ccccc3)O[C@@H](C)C2)c1O. The van der Waals surface area contributed by atoms with Crippen molar-refractivity contribution in [2.75, 3.05) is 0 Å². The molecule has 1 aromatic heterocycles. The third-order valence-electron chi connectivity index (χ3n) is 4.57. The summed E-state index contributed by atoms with van der Waals surface area (Å²) in [7, 11) is 0. The number of aromatic hydroxyl groups is 1. The molecule has 1 aromatic carbocycles. The molecule has 1 aliphatic rings. The minimum absolute atomic E-state index is 0. The zero-order valence-electron chi connectivity index (χ0n) is 15.0. The van der Waals surface area contributed by atoms with Gasteiger partial charge in [0.2, 0.25) is 0 Å². The molecular weight excluding hydrogens is 396 g/mol. The number of hydrogen-bond acceptors (Lipinski definition) is 4. The number of aryl methyl sites for hydroxylation is 1. The maximum absolute atomic E-state index is 12.5. The van der Waals surface area contributed by atoms with E-state index in [0.29, 0.717) is 5.56 Å². The van der Waals surface area contributed by atoms with Gasteiger partial charge in [-0.15, -0.1) is 17.0 Å². The van der Waals surface area contributed by atoms with E-state index in [-0.39, 0.29) is 52.6 Å². The lowest BCUT2D eigenvalue weighted by atomic mass is 9.94. The van der Waals surface area contributed by atoms with Crippen LogP contribution in [0.5, 0.6) is 5.75 Å². The predicted octanol–water partition coefficient (Wildman–Crippen LogP) is 3.58. The van der Waals surface area contributed by atoms with Gasteiger partial charge in [-0.2, -0.15) is 0 Å². The Labute approximate surface area is 164 Å². The Balaban J connectivity index is 0.00000243. The van der Waals surface area contributed by atoms with Gasteiger partial charge in [0.05, 0.1) is 12.2 Å². The van der Waals surface area contributed by atoms with Crippen molar-refractivity contribution in [2.45, 2.75) is 51.4 Å². The zero-order chi connectivity index (χ0) is 17.8. The zero-order valence-corrected chi connectivity index (χ0v) is 16.7. The second-order valence-electron chi connectivity index (χ2n) is 6.73. The molecular formula is C20H25BrN2O3. The van der Waals surface area contributed by atoms with Gasteiger partial charge in [-0.3, -0.25) is 4.79 Å². The molecule has 3 atom stereocenters. The number of aromatic nitrogens is 1. The minimum atomic E-state index is -0.334. The average molecular weight is 421 g/mol. The van der Waals surface area contributed by atoms with Crippen LogP contribution in [0, 0.1) is 6.92 Å². The summed E-state index contributed by atoms with van der Waals surface area (Å²) in [5, 5.41) is 13.1. The smallest absolute Gasteiger partial charge is 0.273 e. The van der Waals surface area contributed by atoms with Crippen molar-refractivity contribution in [3.05, 3.63) is 59.4 Å². The topological polar surface area (TPSA) is 71.5 Å². The molecule has 1 amide bonds. The number of benzene rings is 1. The molecule has 0 saturated carbocycles. The Bertz CT molecular complexity index is 739. The van der Waals surface area contributed by atoms with E-state index in [1.165, 1.54) is 11.8 Å². The predicted molar refractivity (Wildman–Crippen MR) is 106 cm³/mol. The van der Waals surface area contributed by atoms with Gasteiger partial charge in [-0.1, -0.05) is 30.3 Å². The van der Waals surface area contributed by atoms with E-state index in [2.05, 4.69) is 22.4 Å². The first-order valence-electron chi connectivity index (χ1n) is 8.67. The number of pyridine rings is 1. The van der Waals surface area contributed by atoms with Crippen molar-refractivity contribution in [1.29, 1.82) is 0 Å². The number of carbonyl (C=O) groups is 1. The largest absolute Gasteiger partial charge is 0.505 e. The normalized spacial score (nSPS) is 22.3. The minimum Gasteiger partial charge on any atom is -0.505 e. The highest BCUT2D eigenvalue weighted by atomic mass is 79.9. The van der Waals surface area contributed by atoms with E-state index < -0.39 is 0 Å². The van der Waals surface area contributed by atoms with Crippen LogP contribution < -0.4 is 5.32 Å². The van der Waals surface area contributed by atoms with Crippen LogP contribution in [0.25, 0.3) is 0 Å². The van der Waals surface area contributed by atoms with Gasteiger partial charge >= 0.3 is 0 Å². The fraction of sp³-hybridized carbons (Fsp3) is 0.400. The highest BCUT2D eigenvalue weighted by Gasteiger charge is 2.29. The summed E-state index contributed by atoms with van der Waals surface area (Å²) in [6, 6.07) is 11.9. The maximum atomic E-state index is 12.5. The van der Waals surface area contributed by atoms with Crippen molar-refractivity contribution < 1.29 is 14.6 Å². The molecule has 1 fully saturated rings. The summed E-state index contributed by atoms with van der Waals surface area (Å²) >= 11 is 0. The van der Waals surface area contributed by atoms with Gasteiger partial charge in [0.1, 0.15) is 5.75 Å². The van der Waals surface area contributed by atoms with E-state index >= 15 is 0 Å². The van der Waals surface area contributed by atoms with Gasteiger partial charge in [-0.05, 0) is 50.3 Å². The van der Waals surface area contributed by atoms with E-state index in [0.717, 1.165) is 19.3 Å². The number of carbonyl (C=O) groups excluding carboxylic acids is 1. The summed E-state index contributed by atoms with van der Waals surface area (Å²) < 4.78 is 6.03. The van der Waals surface area contributed by atoms with Crippen LogP contribution >= 0.6 is 17.0 Å². The summed E-state index contributed by atoms with van der Waals surface area (Å²) in [6.07, 6.45) is 4.00. The number of nitrogens with one attached hydrogen (secondary N) is 1. The molecule has 3 rings (SSSR count). The molecule has 140 valence electrons. The number of nitrogens with zero attached hydrogens (tertiary/aromatic N) is 1. The summed E-state index contributed by atoms with van der Waals surface area (Å²) in [6.45, 7) is 3.78. The second kappa shape index (κ2) is 9.14. The third-order valence-corrected chi connectivity index (χ3v) is 4.57. The Kier molecular flexibility index (Phi) is 7.17. The van der Waals surface area contributed by atoms with Crippen LogP contribution in [0.3, 0.4) is 0 Å². The number of ether oxygens (including phenoxy) is 1. The first kappa shape index (κ1) is 20.4. The molecule has 0 radical (unpaired) electrons. The average Bonchev–Trinajstić information content (AvgIpc) is 2.57. The van der Waals surface area contributed by atoms with E-state index in [1.807, 2.05) is 25.1 Å². The van der Waals surface area contributed by atoms with Crippen LogP contribution in [-0.4, -0.2) is 34.2 Å². The highest BCUT2D eigenvalue weighted by Crippen LogP contribution is 2.24. The Morgan fingerprint density at radius 1 is 1.27 bits per heavy atom. The fourth-order valence-electron chi connectivity index (χ4n) is 3.35. The lowest BCUT2D eigenvalue weighted by Gasteiger charge is -2.34. The van der Waals surface area contributed by atoms with Crippen LogP contribution in [-0.2, 0) is 11.2 Å². The molecule has 0 spiro atoms. The first-order valence-corrected chi connectivity index (χ1v) is 8.67. The number of amides is 1. The molecule has 1 unspecified atom stereocenters. The molecule has 1 aliphatic heterocycles. The maximum Gasteiger partial charge on any atom is 0.273 e. The molecule has 2 aromatic rings. The third kappa shape index (κ3) is 5.05. The van der Waals surface area contributed by atoms with Gasteiger partial charge < -0.3 is 15.2 Å². The van der Waals surface area contributed by atoms with Crippen molar-refractivity contribution in [3.8, 4) is 5.75 Å². The van der Waals surface area contributed by atoms with E-state index in [1.54, 1.807) is 13.0 Å². The molecule has 1 saturated heterocycles. The monoisotopic (exact) mass is 420 g/mol. The molecule has 2 heterocycles. The Morgan fingerprint density at radius 2 is 2.00 bits per heavy atom. The van der Waals surface area contributed by atoms with E-state index in [4.69, 9.17) is 4.74 Å². The number of halogens is 1. The highest BCUT2D eigenvalue weighted by molar-refractivity contribution is 8.93. The van der Waals surface area contributed by atoms with Crippen molar-refractivity contribution in [3.63, 3.8) is 0 Å². The quantitative estimate of drug-likeness (QED) is 0.792. The summed E-state index contributed by atoms with van der Waals surface area (Å²) in [4.78, 5) is 16.5. The van der Waals surface area contributed by atoms with Crippen LogP contribution in [0.1, 0.15) is 41.4 Å². The van der Waals surface area contributed by atoms with Gasteiger partial charge in [0.25, 0.3) is 5.91 Å². The Morgan fingerprint density at radius 3 is 2.73 bits per heavy atom. The number of rotatable bonds is 4. The fourth-order valence-corrected chi connectivity index (χ4v) is 3.35. The van der Waals surface area contributed by atoms with Gasteiger partial charge in [0.15, 0.2) is 5.69 Å². The Hall–Kier alpha value is -1.92. The summed E-state index contributed by atoms with van der Waals surface area (Å²) in [5.74, 6) is -0.389. The van der Waals surface area contributed by atoms with Gasteiger partial charge in [0, 0.05) is 12.2 Å². The van der Waals surface area contributed by atoms with E-state index in [9.17, 15) is 9.90 Å². The molecule has 5 nitrogen and oxygen atoms in total. The van der Waals surface area contributed by atoms with Crippen LogP contribution in [0.15, 0.2) is 42.6 Å². The van der Waals surface area contributed by atoms with Crippen LogP contribution in [0.2, 0.25) is 0 Å². The molecule has 2 N–H and O–H groups in total. The first-order chi connectivity index (χ1) is 12.0. The van der Waals surface area contributed by atoms with Crippen LogP contribution in [0.4, 0.5) is 0 Å². The van der Waals surface area contributed by atoms with Crippen molar-refractivity contribution >= 4 is 22.9 Å². The lowest BCUT2D eigenvalue weighted by Crippen LogP contribution is -2.45. The molecule has 0 bridgehead atoms. The molecule has 6 heteroatoms. The van der Waals surface area contributed by atoms with Gasteiger partial charge in [-0.25, -0.2) is 4.98 Å².